The molecule has 0 aliphatic carbocycles. The zero-order chi connectivity index (χ0) is 16.3. The van der Waals surface area contributed by atoms with Crippen LogP contribution in [0, 0.1) is 13.8 Å². The Hall–Kier alpha value is -2.04. The van der Waals surface area contributed by atoms with Gasteiger partial charge in [0.1, 0.15) is 5.76 Å². The molecule has 0 saturated heterocycles. The lowest BCUT2D eigenvalue weighted by molar-refractivity contribution is 0.0734. The van der Waals surface area contributed by atoms with Gasteiger partial charge in [-0.25, -0.2) is 0 Å². The molecule has 1 amide bonds. The predicted molar refractivity (Wildman–Crippen MR) is 86.0 cm³/mol. The predicted octanol–water partition coefficient (Wildman–Crippen LogP) is 3.21. The van der Waals surface area contributed by atoms with Crippen molar-refractivity contribution < 1.29 is 9.21 Å². The van der Waals surface area contributed by atoms with Gasteiger partial charge in [-0.15, -0.1) is 0 Å². The number of carbonyl (C=O) groups excluding carboxylic acids is 1. The van der Waals surface area contributed by atoms with Crippen LogP contribution in [0.15, 0.2) is 22.8 Å². The van der Waals surface area contributed by atoms with Gasteiger partial charge >= 0.3 is 0 Å². The summed E-state index contributed by atoms with van der Waals surface area (Å²) in [6, 6.07) is 4.00. The second-order valence-corrected chi connectivity index (χ2v) is 5.74. The molecule has 2 aromatic rings. The fraction of sp³-hybridized carbons (Fsp3) is 0.529. The quantitative estimate of drug-likeness (QED) is 0.823. The highest BCUT2D eigenvalue weighted by Gasteiger charge is 2.24. The van der Waals surface area contributed by atoms with E-state index in [0.29, 0.717) is 0 Å². The van der Waals surface area contributed by atoms with E-state index in [1.807, 2.05) is 44.6 Å². The highest BCUT2D eigenvalue weighted by molar-refractivity contribution is 5.96. The summed E-state index contributed by atoms with van der Waals surface area (Å²) in [5.74, 6) is 1.00. The molecule has 2 aromatic heterocycles. The molecule has 0 spiro atoms. The first-order valence-corrected chi connectivity index (χ1v) is 7.79. The van der Waals surface area contributed by atoms with Crippen LogP contribution in [0.4, 0.5) is 0 Å². The second-order valence-electron chi connectivity index (χ2n) is 5.74. The topological polar surface area (TPSA) is 51.3 Å². The SMILES string of the molecule is CCn1nc(C)c(C(=O)N(C)C(C)CCc2ccco2)c1C. The molecule has 0 aliphatic heterocycles. The van der Waals surface area contributed by atoms with Gasteiger partial charge in [-0.2, -0.15) is 5.10 Å². The van der Waals surface area contributed by atoms with Gasteiger partial charge < -0.3 is 9.32 Å². The van der Waals surface area contributed by atoms with Crippen LogP contribution in [0.25, 0.3) is 0 Å². The van der Waals surface area contributed by atoms with Crippen LogP contribution in [0.5, 0.6) is 0 Å². The molecule has 1 unspecified atom stereocenters. The summed E-state index contributed by atoms with van der Waals surface area (Å²) in [7, 11) is 1.86. The lowest BCUT2D eigenvalue weighted by Crippen LogP contribution is -2.36. The Morgan fingerprint density at radius 3 is 2.73 bits per heavy atom. The van der Waals surface area contributed by atoms with Crippen molar-refractivity contribution >= 4 is 5.91 Å². The molecule has 0 aliphatic rings. The lowest BCUT2D eigenvalue weighted by atomic mass is 10.1. The molecule has 1 atom stereocenters. The molecule has 0 saturated carbocycles. The van der Waals surface area contributed by atoms with E-state index in [2.05, 4.69) is 12.0 Å². The molecule has 2 heterocycles. The number of hydrogen-bond acceptors (Lipinski definition) is 3. The summed E-state index contributed by atoms with van der Waals surface area (Å²) in [6.45, 7) is 8.72. The van der Waals surface area contributed by atoms with Crippen LogP contribution in [-0.4, -0.2) is 33.7 Å². The zero-order valence-corrected chi connectivity index (χ0v) is 14.1. The van der Waals surface area contributed by atoms with E-state index in [1.165, 1.54) is 0 Å². The maximum atomic E-state index is 12.8. The molecule has 5 heteroatoms. The first-order chi connectivity index (χ1) is 10.5. The van der Waals surface area contributed by atoms with Crippen molar-refractivity contribution in [2.45, 2.75) is 53.1 Å². The van der Waals surface area contributed by atoms with E-state index < -0.39 is 0 Å². The molecular weight excluding hydrogens is 278 g/mol. The average molecular weight is 303 g/mol. The molecule has 0 fully saturated rings. The van der Waals surface area contributed by atoms with Crippen LogP contribution in [0.2, 0.25) is 0 Å². The molecule has 5 nitrogen and oxygen atoms in total. The largest absolute Gasteiger partial charge is 0.469 e. The Kier molecular flexibility index (Phi) is 5.06. The van der Waals surface area contributed by atoms with Crippen molar-refractivity contribution in [1.29, 1.82) is 0 Å². The molecule has 22 heavy (non-hydrogen) atoms. The number of aryl methyl sites for hydroxylation is 3. The van der Waals surface area contributed by atoms with Gasteiger partial charge in [0.05, 0.1) is 17.5 Å². The second kappa shape index (κ2) is 6.81. The van der Waals surface area contributed by atoms with Gasteiger partial charge in [0, 0.05) is 31.7 Å². The third-order valence-electron chi connectivity index (χ3n) is 4.27. The third-order valence-corrected chi connectivity index (χ3v) is 4.27. The van der Waals surface area contributed by atoms with Crippen LogP contribution in [-0.2, 0) is 13.0 Å². The van der Waals surface area contributed by atoms with Crippen LogP contribution in [0.3, 0.4) is 0 Å². The van der Waals surface area contributed by atoms with Crippen molar-refractivity contribution in [3.05, 3.63) is 41.1 Å². The summed E-state index contributed by atoms with van der Waals surface area (Å²) in [4.78, 5) is 14.6. The number of amides is 1. The van der Waals surface area contributed by atoms with Gasteiger partial charge in [0.25, 0.3) is 5.91 Å². The number of carbonyl (C=O) groups is 1. The van der Waals surface area contributed by atoms with Gasteiger partial charge in [0.15, 0.2) is 0 Å². The number of furan rings is 1. The standard InChI is InChI=1S/C17H25N3O2/c1-6-20-14(4)16(13(3)18-20)17(21)19(5)12(2)9-10-15-8-7-11-22-15/h7-8,11-12H,6,9-10H2,1-5H3. The number of hydrogen-bond donors (Lipinski definition) is 0. The molecule has 120 valence electrons. The highest BCUT2D eigenvalue weighted by Crippen LogP contribution is 2.18. The minimum absolute atomic E-state index is 0.0432. The molecule has 0 radical (unpaired) electrons. The van der Waals surface area contributed by atoms with Crippen molar-refractivity contribution in [1.82, 2.24) is 14.7 Å². The normalized spacial score (nSPS) is 12.4. The van der Waals surface area contributed by atoms with E-state index in [4.69, 9.17) is 4.42 Å². The van der Waals surface area contributed by atoms with Gasteiger partial charge in [0.2, 0.25) is 0 Å². The van der Waals surface area contributed by atoms with Crippen molar-refractivity contribution in [3.8, 4) is 0 Å². The van der Waals surface area contributed by atoms with Crippen LogP contribution in [0.1, 0.15) is 47.8 Å². The molecule has 2 rings (SSSR count). The Bertz CT molecular complexity index is 629. The molecular formula is C17H25N3O2. The number of aromatic nitrogens is 2. The fourth-order valence-corrected chi connectivity index (χ4v) is 2.69. The minimum atomic E-state index is 0.0432. The van der Waals surface area contributed by atoms with Gasteiger partial charge in [-0.3, -0.25) is 9.48 Å². The zero-order valence-electron chi connectivity index (χ0n) is 14.1. The smallest absolute Gasteiger partial charge is 0.257 e. The maximum Gasteiger partial charge on any atom is 0.257 e. The van der Waals surface area contributed by atoms with Gasteiger partial charge in [-0.05, 0) is 46.2 Å². The van der Waals surface area contributed by atoms with Gasteiger partial charge in [-0.1, -0.05) is 0 Å². The van der Waals surface area contributed by atoms with Crippen molar-refractivity contribution in [2.75, 3.05) is 7.05 Å². The van der Waals surface area contributed by atoms with E-state index in [-0.39, 0.29) is 11.9 Å². The lowest BCUT2D eigenvalue weighted by Gasteiger charge is -2.25. The average Bonchev–Trinajstić information content (AvgIpc) is 3.11. The van der Waals surface area contributed by atoms with E-state index in [9.17, 15) is 4.79 Å². The van der Waals surface area contributed by atoms with Crippen LogP contribution < -0.4 is 0 Å². The summed E-state index contributed by atoms with van der Waals surface area (Å²) < 4.78 is 7.23. The van der Waals surface area contributed by atoms with E-state index in [0.717, 1.165) is 42.1 Å². The first-order valence-electron chi connectivity index (χ1n) is 7.79. The summed E-state index contributed by atoms with van der Waals surface area (Å²) >= 11 is 0. The van der Waals surface area contributed by atoms with Crippen molar-refractivity contribution in [3.63, 3.8) is 0 Å². The maximum absolute atomic E-state index is 12.8. The Morgan fingerprint density at radius 2 is 2.18 bits per heavy atom. The number of rotatable bonds is 6. The number of nitrogens with zero attached hydrogens (tertiary/aromatic N) is 3. The Labute approximate surface area is 131 Å². The monoisotopic (exact) mass is 303 g/mol. The third kappa shape index (κ3) is 3.24. The highest BCUT2D eigenvalue weighted by atomic mass is 16.3. The molecule has 0 aromatic carbocycles. The molecule has 0 bridgehead atoms. The molecule has 0 N–H and O–H groups in total. The summed E-state index contributed by atoms with van der Waals surface area (Å²) in [5, 5.41) is 4.43. The summed E-state index contributed by atoms with van der Waals surface area (Å²) in [6.07, 6.45) is 3.38. The Balaban J connectivity index is 2.06. The first kappa shape index (κ1) is 16.3. The van der Waals surface area contributed by atoms with Crippen molar-refractivity contribution in [2.24, 2.45) is 0 Å². The minimum Gasteiger partial charge on any atom is -0.469 e. The fourth-order valence-electron chi connectivity index (χ4n) is 2.69. The van der Waals surface area contributed by atoms with E-state index in [1.54, 1.807) is 11.2 Å². The van der Waals surface area contributed by atoms with E-state index >= 15 is 0 Å². The summed E-state index contributed by atoms with van der Waals surface area (Å²) in [5.41, 5.74) is 2.47. The Morgan fingerprint density at radius 1 is 1.45 bits per heavy atom. The van der Waals surface area contributed by atoms with Crippen LogP contribution >= 0.6 is 0 Å².